The van der Waals surface area contributed by atoms with E-state index in [1.165, 1.54) is 10.4 Å². The van der Waals surface area contributed by atoms with Crippen molar-refractivity contribution in [2.75, 3.05) is 39.4 Å². The molecule has 0 atom stereocenters. The quantitative estimate of drug-likeness (QED) is 0.240. The summed E-state index contributed by atoms with van der Waals surface area (Å²) in [6.07, 6.45) is 2.37. The smallest absolute Gasteiger partial charge is 0.224 e. The number of fused-ring (bicyclic) bond motifs is 1. The number of ether oxygens (including phenoxy) is 1. The van der Waals surface area contributed by atoms with Crippen LogP contribution in [0.5, 0.6) is 0 Å². The first-order valence-corrected chi connectivity index (χ1v) is 10.1. The summed E-state index contributed by atoms with van der Waals surface area (Å²) in [7, 11) is 0. The minimum Gasteiger partial charge on any atom is -0.382 e. The number of carbonyl (C=O) groups excluding carboxylic acids is 1. The molecule has 0 radical (unpaired) electrons. The summed E-state index contributed by atoms with van der Waals surface area (Å²) in [5.74, 6) is 0.974. The summed E-state index contributed by atoms with van der Waals surface area (Å²) in [5.41, 5.74) is 1.31. The van der Waals surface area contributed by atoms with Crippen LogP contribution >= 0.6 is 35.3 Å². The summed E-state index contributed by atoms with van der Waals surface area (Å²) < 4.78 is 5.31. The van der Waals surface area contributed by atoms with Gasteiger partial charge in [0.05, 0.1) is 0 Å². The van der Waals surface area contributed by atoms with Crippen LogP contribution in [0.4, 0.5) is 0 Å². The zero-order valence-corrected chi connectivity index (χ0v) is 18.9. The van der Waals surface area contributed by atoms with Crippen molar-refractivity contribution in [2.24, 2.45) is 4.99 Å². The molecular weight excluding hydrogens is 463 g/mol. The Morgan fingerprint density at radius 2 is 2.23 bits per heavy atom. The van der Waals surface area contributed by atoms with Gasteiger partial charge in [0.15, 0.2) is 5.96 Å². The van der Waals surface area contributed by atoms with Gasteiger partial charge in [-0.2, -0.15) is 0 Å². The lowest BCUT2D eigenvalue weighted by Crippen LogP contribution is -2.41. The van der Waals surface area contributed by atoms with Gasteiger partial charge in [-0.1, -0.05) is 0 Å². The molecule has 2 heterocycles. The second-order valence-corrected chi connectivity index (χ2v) is 6.92. The third-order valence-electron chi connectivity index (χ3n) is 4.06. The lowest BCUT2D eigenvalue weighted by Gasteiger charge is -2.27. The van der Waals surface area contributed by atoms with Crippen LogP contribution in [0.1, 0.15) is 37.1 Å². The van der Waals surface area contributed by atoms with E-state index in [-0.39, 0.29) is 29.9 Å². The molecule has 0 fully saturated rings. The lowest BCUT2D eigenvalue weighted by atomic mass is 10.1. The Hall–Kier alpha value is -0.870. The van der Waals surface area contributed by atoms with Crippen molar-refractivity contribution in [2.45, 2.75) is 39.7 Å². The Bertz CT molecular complexity index is 565. The number of halogens is 1. The van der Waals surface area contributed by atoms with Crippen molar-refractivity contribution >= 4 is 47.2 Å². The number of carbonyl (C=O) groups is 1. The summed E-state index contributed by atoms with van der Waals surface area (Å²) in [6, 6.07) is 2.13. The lowest BCUT2D eigenvalue weighted by molar-refractivity contribution is -0.131. The number of amides is 1. The van der Waals surface area contributed by atoms with Crippen LogP contribution in [0.25, 0.3) is 0 Å². The van der Waals surface area contributed by atoms with E-state index in [9.17, 15) is 4.79 Å². The van der Waals surface area contributed by atoms with Gasteiger partial charge in [-0.05, 0) is 43.7 Å². The zero-order valence-electron chi connectivity index (χ0n) is 15.8. The van der Waals surface area contributed by atoms with Gasteiger partial charge in [-0.25, -0.2) is 0 Å². The third kappa shape index (κ3) is 7.79. The van der Waals surface area contributed by atoms with Crippen molar-refractivity contribution < 1.29 is 9.53 Å². The first-order valence-electron chi connectivity index (χ1n) is 9.17. The molecule has 0 saturated carbocycles. The second-order valence-electron chi connectivity index (χ2n) is 5.92. The van der Waals surface area contributed by atoms with Crippen molar-refractivity contribution in [1.82, 2.24) is 15.5 Å². The summed E-state index contributed by atoms with van der Waals surface area (Å²) >= 11 is 1.80. The van der Waals surface area contributed by atoms with Crippen LogP contribution in [0.15, 0.2) is 16.4 Å². The number of nitrogens with zero attached hydrogens (tertiary/aromatic N) is 2. The van der Waals surface area contributed by atoms with Crippen molar-refractivity contribution in [3.8, 4) is 0 Å². The highest BCUT2D eigenvalue weighted by atomic mass is 127. The van der Waals surface area contributed by atoms with Gasteiger partial charge >= 0.3 is 0 Å². The highest BCUT2D eigenvalue weighted by Crippen LogP contribution is 2.24. The maximum absolute atomic E-state index is 12.4. The van der Waals surface area contributed by atoms with Crippen LogP contribution in [0, 0.1) is 0 Å². The van der Waals surface area contributed by atoms with E-state index >= 15 is 0 Å². The predicted octanol–water partition coefficient (Wildman–Crippen LogP) is 2.62. The molecule has 8 heteroatoms. The van der Waals surface area contributed by atoms with Gasteiger partial charge in [0.25, 0.3) is 0 Å². The number of hydrogen-bond acceptors (Lipinski definition) is 4. The topological polar surface area (TPSA) is 66.0 Å². The predicted molar refractivity (Wildman–Crippen MR) is 119 cm³/mol. The fraction of sp³-hybridized carbons (Fsp3) is 0.667. The number of guanidine groups is 1. The molecule has 2 N–H and O–H groups in total. The number of aliphatic imine (C=N–C) groups is 1. The largest absolute Gasteiger partial charge is 0.382 e. The van der Waals surface area contributed by atoms with Crippen LogP contribution < -0.4 is 10.6 Å². The maximum Gasteiger partial charge on any atom is 0.224 e. The molecule has 6 nitrogen and oxygen atoms in total. The van der Waals surface area contributed by atoms with Gasteiger partial charge in [-0.15, -0.1) is 35.3 Å². The zero-order chi connectivity index (χ0) is 17.9. The Kier molecular flexibility index (Phi) is 11.9. The number of nitrogens with one attached hydrogen (secondary N) is 2. The molecule has 0 unspecified atom stereocenters. The molecular formula is C18H31IN4O2S. The average molecular weight is 494 g/mol. The maximum atomic E-state index is 12.4. The first-order chi connectivity index (χ1) is 12.2. The summed E-state index contributed by atoms with van der Waals surface area (Å²) in [5, 5.41) is 8.58. The van der Waals surface area contributed by atoms with E-state index < -0.39 is 0 Å². The highest BCUT2D eigenvalue weighted by Gasteiger charge is 2.20. The first kappa shape index (κ1) is 23.2. The van der Waals surface area contributed by atoms with Crippen molar-refractivity contribution in [3.05, 3.63) is 21.9 Å². The minimum absolute atomic E-state index is 0. The molecule has 1 aromatic heterocycles. The van der Waals surface area contributed by atoms with E-state index in [1.54, 1.807) is 11.3 Å². The third-order valence-corrected chi connectivity index (χ3v) is 5.08. The Balaban J connectivity index is 0.00000338. The average Bonchev–Trinajstić information content (AvgIpc) is 3.09. The van der Waals surface area contributed by atoms with E-state index in [4.69, 9.17) is 4.74 Å². The SMILES string of the molecule is CCNC(=NCCCOCC)NCCC(=O)N1CCc2sccc2C1.I. The molecule has 0 saturated heterocycles. The summed E-state index contributed by atoms with van der Waals surface area (Å²) in [6.45, 7) is 9.21. The fourth-order valence-corrected chi connectivity index (χ4v) is 3.64. The summed E-state index contributed by atoms with van der Waals surface area (Å²) in [4.78, 5) is 20.3. The number of rotatable bonds is 9. The van der Waals surface area contributed by atoms with E-state index in [2.05, 4.69) is 27.1 Å². The van der Waals surface area contributed by atoms with E-state index in [0.717, 1.165) is 58.2 Å². The normalized spacial score (nSPS) is 13.8. The minimum atomic E-state index is 0. The number of thiophene rings is 1. The molecule has 0 aromatic carbocycles. The van der Waals surface area contributed by atoms with Crippen LogP contribution in [-0.4, -0.2) is 56.2 Å². The van der Waals surface area contributed by atoms with Gasteiger partial charge < -0.3 is 20.3 Å². The molecule has 0 bridgehead atoms. The van der Waals surface area contributed by atoms with Crippen LogP contribution in [0.3, 0.4) is 0 Å². The van der Waals surface area contributed by atoms with Gasteiger partial charge in [0.2, 0.25) is 5.91 Å². The molecule has 1 aliphatic rings. The molecule has 0 spiro atoms. The van der Waals surface area contributed by atoms with Crippen molar-refractivity contribution in [1.29, 1.82) is 0 Å². The number of hydrogen-bond donors (Lipinski definition) is 2. The molecule has 148 valence electrons. The molecule has 26 heavy (non-hydrogen) atoms. The van der Waals surface area contributed by atoms with Gasteiger partial charge in [0, 0.05) is 57.2 Å². The van der Waals surface area contributed by atoms with Gasteiger partial charge in [-0.3, -0.25) is 9.79 Å². The highest BCUT2D eigenvalue weighted by molar-refractivity contribution is 14.0. The molecule has 1 aromatic rings. The molecule has 2 rings (SSSR count). The van der Waals surface area contributed by atoms with Crippen molar-refractivity contribution in [3.63, 3.8) is 0 Å². The van der Waals surface area contributed by atoms with E-state index in [0.29, 0.717) is 13.0 Å². The fourth-order valence-electron chi connectivity index (χ4n) is 2.75. The van der Waals surface area contributed by atoms with Gasteiger partial charge in [0.1, 0.15) is 0 Å². The van der Waals surface area contributed by atoms with Crippen LogP contribution in [-0.2, 0) is 22.5 Å². The Morgan fingerprint density at radius 3 is 3.00 bits per heavy atom. The molecule has 1 aliphatic heterocycles. The molecule has 1 amide bonds. The Morgan fingerprint density at radius 1 is 1.38 bits per heavy atom. The standard InChI is InChI=1S/C18H30N4O2S.HI/c1-3-19-18(20-9-5-12-24-4-2)21-10-6-17(23)22-11-7-16-15(14-22)8-13-25-16;/h8,13H,3-7,9-12,14H2,1-2H3,(H2,19,20,21);1H. The monoisotopic (exact) mass is 494 g/mol. The molecule has 0 aliphatic carbocycles. The second kappa shape index (κ2) is 13.3. The Labute approximate surface area is 177 Å². The van der Waals surface area contributed by atoms with Crippen LogP contribution in [0.2, 0.25) is 0 Å². The van der Waals surface area contributed by atoms with E-state index in [1.807, 2.05) is 18.7 Å².